The van der Waals surface area contributed by atoms with Crippen LogP contribution in [-0.4, -0.2) is 6.04 Å². The van der Waals surface area contributed by atoms with Gasteiger partial charge in [0.05, 0.1) is 11.0 Å². The summed E-state index contributed by atoms with van der Waals surface area (Å²) in [4.78, 5) is 0. The standard InChI is InChI=1S/C17H22BrNO2/c1-11(2)19-9-15-8-14(13(4)21-15)10-20-17-6-5-12(3)7-16(17)18/h5-8,11,19H,9-10H2,1-4H3. The summed E-state index contributed by atoms with van der Waals surface area (Å²) in [7, 11) is 0. The molecule has 1 heterocycles. The second kappa shape index (κ2) is 7.14. The molecule has 1 aromatic carbocycles. The summed E-state index contributed by atoms with van der Waals surface area (Å²) in [5, 5.41) is 3.35. The van der Waals surface area contributed by atoms with E-state index < -0.39 is 0 Å². The molecular formula is C17H22BrNO2. The Kier molecular flexibility index (Phi) is 5.48. The normalized spacial score (nSPS) is 11.1. The van der Waals surface area contributed by atoms with Gasteiger partial charge in [-0.1, -0.05) is 19.9 Å². The van der Waals surface area contributed by atoms with Gasteiger partial charge in [0.15, 0.2) is 0 Å². The first-order valence-electron chi connectivity index (χ1n) is 7.16. The van der Waals surface area contributed by atoms with Gasteiger partial charge in [-0.05, 0) is 53.5 Å². The van der Waals surface area contributed by atoms with Crippen LogP contribution in [0.3, 0.4) is 0 Å². The molecule has 0 spiro atoms. The van der Waals surface area contributed by atoms with Crippen molar-refractivity contribution in [2.24, 2.45) is 0 Å². The van der Waals surface area contributed by atoms with Crippen LogP contribution in [0.4, 0.5) is 0 Å². The van der Waals surface area contributed by atoms with E-state index in [2.05, 4.69) is 54.2 Å². The van der Waals surface area contributed by atoms with Crippen molar-refractivity contribution in [3.8, 4) is 5.75 Å². The fourth-order valence-electron chi connectivity index (χ4n) is 2.00. The molecule has 2 aromatic rings. The smallest absolute Gasteiger partial charge is 0.134 e. The minimum absolute atomic E-state index is 0.443. The molecule has 1 aromatic heterocycles. The molecule has 4 heteroatoms. The second-order valence-corrected chi connectivity index (χ2v) is 6.41. The summed E-state index contributed by atoms with van der Waals surface area (Å²) in [5.74, 6) is 2.71. The highest BCUT2D eigenvalue weighted by molar-refractivity contribution is 9.10. The molecule has 3 nitrogen and oxygen atoms in total. The Balaban J connectivity index is 1.99. The Hall–Kier alpha value is -1.26. The number of furan rings is 1. The lowest BCUT2D eigenvalue weighted by Gasteiger charge is -2.08. The van der Waals surface area contributed by atoms with Gasteiger partial charge in [-0.15, -0.1) is 0 Å². The number of ether oxygens (including phenoxy) is 1. The third-order valence-electron chi connectivity index (χ3n) is 3.23. The maximum atomic E-state index is 5.87. The number of nitrogens with one attached hydrogen (secondary N) is 1. The average molecular weight is 352 g/mol. The van der Waals surface area contributed by atoms with E-state index in [0.29, 0.717) is 12.6 Å². The molecule has 0 bridgehead atoms. The largest absolute Gasteiger partial charge is 0.488 e. The molecule has 0 aliphatic carbocycles. The summed E-state index contributed by atoms with van der Waals surface area (Å²) in [6.45, 7) is 9.53. The number of benzene rings is 1. The predicted octanol–water partition coefficient (Wildman–Crippen LogP) is 4.74. The Morgan fingerprint density at radius 3 is 2.67 bits per heavy atom. The van der Waals surface area contributed by atoms with Gasteiger partial charge >= 0.3 is 0 Å². The number of hydrogen-bond acceptors (Lipinski definition) is 3. The van der Waals surface area contributed by atoms with Gasteiger partial charge in [0.1, 0.15) is 23.9 Å². The maximum Gasteiger partial charge on any atom is 0.134 e. The number of hydrogen-bond donors (Lipinski definition) is 1. The molecule has 0 aliphatic heterocycles. The molecule has 0 fully saturated rings. The van der Waals surface area contributed by atoms with Crippen LogP contribution in [0.25, 0.3) is 0 Å². The first-order valence-corrected chi connectivity index (χ1v) is 7.95. The number of halogens is 1. The van der Waals surface area contributed by atoms with Crippen LogP contribution in [0.15, 0.2) is 33.2 Å². The van der Waals surface area contributed by atoms with Gasteiger partial charge in [0.2, 0.25) is 0 Å². The zero-order valence-electron chi connectivity index (χ0n) is 13.0. The van der Waals surface area contributed by atoms with E-state index in [1.54, 1.807) is 0 Å². The second-order valence-electron chi connectivity index (χ2n) is 5.55. The summed E-state index contributed by atoms with van der Waals surface area (Å²) < 4.78 is 12.6. The topological polar surface area (TPSA) is 34.4 Å². The van der Waals surface area contributed by atoms with Crippen molar-refractivity contribution >= 4 is 15.9 Å². The molecule has 0 saturated carbocycles. The van der Waals surface area contributed by atoms with Crippen molar-refractivity contribution in [2.75, 3.05) is 0 Å². The first kappa shape index (κ1) is 16.1. The van der Waals surface area contributed by atoms with E-state index in [4.69, 9.17) is 9.15 Å². The van der Waals surface area contributed by atoms with Crippen molar-refractivity contribution in [1.29, 1.82) is 0 Å². The third-order valence-corrected chi connectivity index (χ3v) is 3.85. The number of rotatable bonds is 6. The van der Waals surface area contributed by atoms with Crippen molar-refractivity contribution in [3.05, 3.63) is 51.4 Å². The lowest BCUT2D eigenvalue weighted by atomic mass is 10.2. The molecule has 0 aliphatic rings. The lowest BCUT2D eigenvalue weighted by Crippen LogP contribution is -2.21. The summed E-state index contributed by atoms with van der Waals surface area (Å²) in [6, 6.07) is 8.58. The summed E-state index contributed by atoms with van der Waals surface area (Å²) in [6.07, 6.45) is 0. The summed E-state index contributed by atoms with van der Waals surface area (Å²) >= 11 is 3.53. The molecule has 0 unspecified atom stereocenters. The van der Waals surface area contributed by atoms with Gasteiger partial charge in [0, 0.05) is 11.6 Å². The van der Waals surface area contributed by atoms with Crippen LogP contribution in [-0.2, 0) is 13.2 Å². The Morgan fingerprint density at radius 1 is 1.24 bits per heavy atom. The number of aryl methyl sites for hydroxylation is 2. The molecular weight excluding hydrogens is 330 g/mol. The van der Waals surface area contributed by atoms with Gasteiger partial charge in [-0.3, -0.25) is 0 Å². The van der Waals surface area contributed by atoms with Crippen LogP contribution in [0, 0.1) is 13.8 Å². The van der Waals surface area contributed by atoms with Crippen LogP contribution < -0.4 is 10.1 Å². The highest BCUT2D eigenvalue weighted by Gasteiger charge is 2.09. The quantitative estimate of drug-likeness (QED) is 0.816. The Labute approximate surface area is 134 Å². The fourth-order valence-corrected chi connectivity index (χ4v) is 2.61. The van der Waals surface area contributed by atoms with Crippen molar-refractivity contribution in [1.82, 2.24) is 5.32 Å². The zero-order valence-corrected chi connectivity index (χ0v) is 14.6. The SMILES string of the molecule is Cc1ccc(OCc2cc(CNC(C)C)oc2C)c(Br)c1. The fraction of sp³-hybridized carbons (Fsp3) is 0.412. The molecule has 0 amide bonds. The van der Waals surface area contributed by atoms with Crippen LogP contribution >= 0.6 is 15.9 Å². The molecule has 21 heavy (non-hydrogen) atoms. The van der Waals surface area contributed by atoms with Crippen LogP contribution in [0.1, 0.15) is 36.5 Å². The maximum absolute atomic E-state index is 5.87. The molecule has 2 rings (SSSR count). The third kappa shape index (κ3) is 4.61. The Morgan fingerprint density at radius 2 is 2.00 bits per heavy atom. The van der Waals surface area contributed by atoms with Crippen LogP contribution in [0.2, 0.25) is 0 Å². The van der Waals surface area contributed by atoms with Crippen LogP contribution in [0.5, 0.6) is 5.75 Å². The zero-order chi connectivity index (χ0) is 15.4. The van der Waals surface area contributed by atoms with E-state index in [1.165, 1.54) is 5.56 Å². The van der Waals surface area contributed by atoms with Gasteiger partial charge in [-0.2, -0.15) is 0 Å². The van der Waals surface area contributed by atoms with E-state index in [9.17, 15) is 0 Å². The highest BCUT2D eigenvalue weighted by atomic mass is 79.9. The van der Waals surface area contributed by atoms with E-state index >= 15 is 0 Å². The minimum atomic E-state index is 0.443. The van der Waals surface area contributed by atoms with E-state index in [-0.39, 0.29) is 0 Å². The highest BCUT2D eigenvalue weighted by Crippen LogP contribution is 2.27. The Bertz CT molecular complexity index is 605. The first-order chi connectivity index (χ1) is 9.95. The molecule has 0 atom stereocenters. The molecule has 114 valence electrons. The van der Waals surface area contributed by atoms with Crippen molar-refractivity contribution in [2.45, 2.75) is 46.9 Å². The van der Waals surface area contributed by atoms with Crippen molar-refractivity contribution < 1.29 is 9.15 Å². The molecule has 0 radical (unpaired) electrons. The lowest BCUT2D eigenvalue weighted by molar-refractivity contribution is 0.301. The van der Waals surface area contributed by atoms with E-state index in [1.807, 2.05) is 19.1 Å². The van der Waals surface area contributed by atoms with Gasteiger partial charge in [-0.25, -0.2) is 0 Å². The van der Waals surface area contributed by atoms with Gasteiger partial charge in [0.25, 0.3) is 0 Å². The summed E-state index contributed by atoms with van der Waals surface area (Å²) in [5.41, 5.74) is 2.29. The average Bonchev–Trinajstić information content (AvgIpc) is 2.76. The van der Waals surface area contributed by atoms with Gasteiger partial charge < -0.3 is 14.5 Å². The predicted molar refractivity (Wildman–Crippen MR) is 88.6 cm³/mol. The minimum Gasteiger partial charge on any atom is -0.488 e. The monoisotopic (exact) mass is 351 g/mol. The van der Waals surface area contributed by atoms with Crippen molar-refractivity contribution in [3.63, 3.8) is 0 Å². The molecule has 0 saturated heterocycles. The van der Waals surface area contributed by atoms with E-state index in [0.717, 1.165) is 33.9 Å². The molecule has 1 N–H and O–H groups in total.